The molecule has 6 nitrogen and oxygen atoms in total. The van der Waals surface area contributed by atoms with E-state index in [0.717, 1.165) is 66.2 Å². The van der Waals surface area contributed by atoms with E-state index in [1.807, 2.05) is 48.8 Å². The fourth-order valence-electron chi connectivity index (χ4n) is 7.48. The Balaban J connectivity index is 1.32. The second-order valence-electron chi connectivity index (χ2n) is 11.9. The first-order valence-corrected chi connectivity index (χ1v) is 15.3. The summed E-state index contributed by atoms with van der Waals surface area (Å²) >= 11 is 0. The van der Waals surface area contributed by atoms with Gasteiger partial charge in [-0.25, -0.2) is 9.97 Å². The molecule has 0 aliphatic heterocycles. The fraction of sp³-hybridized carbons (Fsp3) is 0. The lowest BCUT2D eigenvalue weighted by Crippen LogP contribution is -1.99. The number of nitrogens with zero attached hydrogens (tertiary/aromatic N) is 4. The summed E-state index contributed by atoms with van der Waals surface area (Å²) in [7, 11) is 0. The fourth-order valence-corrected chi connectivity index (χ4v) is 7.48. The number of hydrogen-bond acceptors (Lipinski definition) is 4. The summed E-state index contributed by atoms with van der Waals surface area (Å²) < 4.78 is 16.9. The maximum absolute atomic E-state index is 6.11. The zero-order chi connectivity index (χ0) is 29.9. The number of furan rings is 2. The average Bonchev–Trinajstić information content (AvgIpc) is 3.85. The lowest BCUT2D eigenvalue weighted by atomic mass is 10.1. The minimum atomic E-state index is 0.636. The van der Waals surface area contributed by atoms with Gasteiger partial charge in [0.1, 0.15) is 11.2 Å². The van der Waals surface area contributed by atoms with Crippen molar-refractivity contribution in [1.82, 2.24) is 19.1 Å². The van der Waals surface area contributed by atoms with E-state index >= 15 is 0 Å². The second-order valence-corrected chi connectivity index (χ2v) is 11.9. The van der Waals surface area contributed by atoms with Crippen molar-refractivity contribution < 1.29 is 8.83 Å². The van der Waals surface area contributed by atoms with Crippen molar-refractivity contribution in [3.05, 3.63) is 134 Å². The molecule has 0 saturated heterocycles. The summed E-state index contributed by atoms with van der Waals surface area (Å²) in [5.74, 6) is 0. The molecule has 0 fully saturated rings. The molecule has 0 saturated carbocycles. The predicted molar refractivity (Wildman–Crippen MR) is 185 cm³/mol. The molecule has 0 spiro atoms. The van der Waals surface area contributed by atoms with Crippen LogP contribution in [0.2, 0.25) is 0 Å². The first-order valence-electron chi connectivity index (χ1n) is 15.3. The third kappa shape index (κ3) is 3.05. The molecule has 0 radical (unpaired) electrons. The normalized spacial score (nSPS) is 12.3. The van der Waals surface area contributed by atoms with E-state index in [1.165, 1.54) is 21.5 Å². The van der Waals surface area contributed by atoms with E-state index < -0.39 is 0 Å². The Morgan fingerprint density at radius 2 is 0.804 bits per heavy atom. The summed E-state index contributed by atoms with van der Waals surface area (Å²) in [4.78, 5) is 9.67. The predicted octanol–water partition coefficient (Wildman–Crippen LogP) is 10.5. The lowest BCUT2D eigenvalue weighted by Gasteiger charge is -2.12. The van der Waals surface area contributed by atoms with Crippen molar-refractivity contribution in [2.24, 2.45) is 0 Å². The standard InChI is InChI=1S/C40H22N4O2/c1-5-13-33-25(9-1)29-17-18-30-26-10-2-6-14-34(26)44(24-20-32-28-12-4-8-16-36(28)46-40(32)42-22-24)38(30)37(29)43(33)23-19-31-27-11-3-7-15-35(27)45-39(31)41-21-23/h1-22H. The number of para-hydroxylation sites is 4. The molecule has 6 heterocycles. The van der Waals surface area contributed by atoms with Crippen LogP contribution < -0.4 is 0 Å². The number of rotatable bonds is 2. The Hall–Kier alpha value is -6.40. The molecule has 6 aromatic heterocycles. The summed E-state index contributed by atoms with van der Waals surface area (Å²) in [6, 6.07) is 42.4. The van der Waals surface area contributed by atoms with Gasteiger partial charge in [-0.1, -0.05) is 84.9 Å². The number of fused-ring (bicyclic) bond motifs is 13. The Morgan fingerprint density at radius 3 is 1.28 bits per heavy atom. The van der Waals surface area contributed by atoms with Gasteiger partial charge in [0.2, 0.25) is 11.4 Å². The van der Waals surface area contributed by atoms with E-state index in [2.05, 4.69) is 94.1 Å². The SMILES string of the molecule is c1ccc2c(c1)oc1ncc(-n3c4ccccc4c4ccc5c6ccccc6n(-c6cnc7oc8ccccc8c7c6)c5c43)cc12. The van der Waals surface area contributed by atoms with Gasteiger partial charge in [-0.05, 0) is 36.4 Å². The topological polar surface area (TPSA) is 61.9 Å². The molecule has 6 heteroatoms. The second kappa shape index (κ2) is 8.61. The van der Waals surface area contributed by atoms with Gasteiger partial charge in [0.05, 0.1) is 56.6 Å². The molecule has 0 aliphatic rings. The molecule has 0 unspecified atom stereocenters. The van der Waals surface area contributed by atoms with Gasteiger partial charge >= 0.3 is 0 Å². The number of aromatic nitrogens is 4. The molecular weight excluding hydrogens is 568 g/mol. The first kappa shape index (κ1) is 24.0. The molecule has 11 rings (SSSR count). The molecule has 214 valence electrons. The summed E-state index contributed by atoms with van der Waals surface area (Å²) in [6.45, 7) is 0. The van der Waals surface area contributed by atoms with E-state index in [9.17, 15) is 0 Å². The maximum Gasteiger partial charge on any atom is 0.227 e. The summed E-state index contributed by atoms with van der Waals surface area (Å²) in [5.41, 5.74) is 9.35. The molecule has 0 aliphatic carbocycles. The van der Waals surface area contributed by atoms with Crippen molar-refractivity contribution >= 4 is 87.7 Å². The maximum atomic E-state index is 6.11. The highest BCUT2D eigenvalue weighted by atomic mass is 16.3. The van der Waals surface area contributed by atoms with Gasteiger partial charge in [-0.15, -0.1) is 0 Å². The Labute approximate surface area is 260 Å². The third-order valence-electron chi connectivity index (χ3n) is 9.43. The van der Waals surface area contributed by atoms with Crippen molar-refractivity contribution in [1.29, 1.82) is 0 Å². The molecule has 5 aromatic carbocycles. The zero-order valence-electron chi connectivity index (χ0n) is 24.3. The van der Waals surface area contributed by atoms with Crippen LogP contribution in [0.4, 0.5) is 0 Å². The van der Waals surface area contributed by atoms with E-state index in [0.29, 0.717) is 11.4 Å². The van der Waals surface area contributed by atoms with Crippen LogP contribution >= 0.6 is 0 Å². The van der Waals surface area contributed by atoms with Crippen LogP contribution in [0.3, 0.4) is 0 Å². The molecule has 46 heavy (non-hydrogen) atoms. The smallest absolute Gasteiger partial charge is 0.227 e. The average molecular weight is 591 g/mol. The molecule has 11 aromatic rings. The van der Waals surface area contributed by atoms with E-state index in [1.54, 1.807) is 0 Å². The van der Waals surface area contributed by atoms with Crippen LogP contribution in [-0.2, 0) is 0 Å². The quantitative estimate of drug-likeness (QED) is 0.201. The zero-order valence-corrected chi connectivity index (χ0v) is 24.3. The van der Waals surface area contributed by atoms with Crippen LogP contribution in [-0.4, -0.2) is 19.1 Å². The minimum Gasteiger partial charge on any atom is -0.438 e. The van der Waals surface area contributed by atoms with Crippen molar-refractivity contribution in [3.63, 3.8) is 0 Å². The molecule has 0 bridgehead atoms. The molecule has 0 amide bonds. The van der Waals surface area contributed by atoms with Crippen LogP contribution in [0.1, 0.15) is 0 Å². The van der Waals surface area contributed by atoms with Gasteiger partial charge in [0.25, 0.3) is 0 Å². The number of benzene rings is 5. The largest absolute Gasteiger partial charge is 0.438 e. The van der Waals surface area contributed by atoms with Crippen LogP contribution in [0.15, 0.2) is 143 Å². The first-order chi connectivity index (χ1) is 22.8. The van der Waals surface area contributed by atoms with E-state index in [4.69, 9.17) is 18.8 Å². The van der Waals surface area contributed by atoms with Gasteiger partial charge in [-0.3, -0.25) is 0 Å². The van der Waals surface area contributed by atoms with Gasteiger partial charge < -0.3 is 18.0 Å². The van der Waals surface area contributed by atoms with Gasteiger partial charge in [-0.2, -0.15) is 0 Å². The lowest BCUT2D eigenvalue weighted by molar-refractivity contribution is 0.653. The Morgan fingerprint density at radius 1 is 0.391 bits per heavy atom. The van der Waals surface area contributed by atoms with E-state index in [-0.39, 0.29) is 0 Å². The Bertz CT molecular complexity index is 2840. The highest BCUT2D eigenvalue weighted by Crippen LogP contribution is 2.42. The monoisotopic (exact) mass is 590 g/mol. The highest BCUT2D eigenvalue weighted by Gasteiger charge is 2.22. The number of hydrogen-bond donors (Lipinski definition) is 0. The molecular formula is C40H22N4O2. The van der Waals surface area contributed by atoms with Crippen molar-refractivity contribution in [3.8, 4) is 11.4 Å². The van der Waals surface area contributed by atoms with Crippen LogP contribution in [0.25, 0.3) is 99.1 Å². The van der Waals surface area contributed by atoms with Gasteiger partial charge in [0.15, 0.2) is 0 Å². The van der Waals surface area contributed by atoms with Crippen molar-refractivity contribution in [2.45, 2.75) is 0 Å². The highest BCUT2D eigenvalue weighted by molar-refractivity contribution is 6.24. The number of pyridine rings is 2. The van der Waals surface area contributed by atoms with Crippen molar-refractivity contribution in [2.75, 3.05) is 0 Å². The summed E-state index contributed by atoms with van der Waals surface area (Å²) in [6.07, 6.45) is 3.85. The minimum absolute atomic E-state index is 0.636. The summed E-state index contributed by atoms with van der Waals surface area (Å²) in [5, 5.41) is 8.81. The molecule has 0 atom stereocenters. The van der Waals surface area contributed by atoms with Gasteiger partial charge in [0, 0.05) is 32.3 Å². The molecule has 0 N–H and O–H groups in total. The van der Waals surface area contributed by atoms with Crippen LogP contribution in [0.5, 0.6) is 0 Å². The Kier molecular flexibility index (Phi) is 4.49. The van der Waals surface area contributed by atoms with Crippen LogP contribution in [0, 0.1) is 0 Å². The third-order valence-corrected chi connectivity index (χ3v) is 9.43.